The summed E-state index contributed by atoms with van der Waals surface area (Å²) in [6.07, 6.45) is 5.87. The molecule has 0 aromatic heterocycles. The fraction of sp³-hybridized carbons (Fsp3) is 0.562. The number of primary amides is 1. The number of hydrogen-bond donors (Lipinski definition) is 2. The third kappa shape index (κ3) is 3.16. The average molecular weight is 260 g/mol. The first-order valence-corrected chi connectivity index (χ1v) is 7.30. The summed E-state index contributed by atoms with van der Waals surface area (Å²) in [7, 11) is 0. The molecular weight excluding hydrogens is 236 g/mol. The van der Waals surface area contributed by atoms with E-state index in [4.69, 9.17) is 5.73 Å². The Morgan fingerprint density at radius 2 is 2.16 bits per heavy atom. The quantitative estimate of drug-likeness (QED) is 0.799. The van der Waals surface area contributed by atoms with Gasteiger partial charge in [0.05, 0.1) is 5.54 Å². The Morgan fingerprint density at radius 3 is 2.89 bits per heavy atom. The maximum atomic E-state index is 11.5. The number of hydrogen-bond acceptors (Lipinski definition) is 2. The lowest BCUT2D eigenvalue weighted by molar-refractivity contribution is -0.119. The van der Waals surface area contributed by atoms with Gasteiger partial charge in [0.1, 0.15) is 0 Å². The number of aryl methyl sites for hydroxylation is 1. The highest BCUT2D eigenvalue weighted by atomic mass is 16.1. The van der Waals surface area contributed by atoms with E-state index >= 15 is 0 Å². The molecule has 0 heterocycles. The van der Waals surface area contributed by atoms with Gasteiger partial charge in [-0.1, -0.05) is 37.6 Å². The Hall–Kier alpha value is -1.35. The summed E-state index contributed by atoms with van der Waals surface area (Å²) in [5, 5.41) is 3.61. The molecule has 1 aliphatic rings. The second-order valence-corrected chi connectivity index (χ2v) is 5.52. The van der Waals surface area contributed by atoms with Crippen LogP contribution >= 0.6 is 0 Å². The van der Waals surface area contributed by atoms with Crippen molar-refractivity contribution < 1.29 is 4.79 Å². The summed E-state index contributed by atoms with van der Waals surface area (Å²) in [6, 6.07) is 8.49. The molecular formula is C16H24N2O. The summed E-state index contributed by atoms with van der Waals surface area (Å²) >= 11 is 0. The largest absolute Gasteiger partial charge is 0.370 e. The maximum absolute atomic E-state index is 11.5. The highest BCUT2D eigenvalue weighted by Crippen LogP contribution is 2.36. The van der Waals surface area contributed by atoms with Crippen molar-refractivity contribution in [1.82, 2.24) is 5.32 Å². The van der Waals surface area contributed by atoms with Crippen LogP contribution in [0.3, 0.4) is 0 Å². The summed E-state index contributed by atoms with van der Waals surface area (Å²) in [5.74, 6) is -0.222. The van der Waals surface area contributed by atoms with Gasteiger partial charge in [0.25, 0.3) is 0 Å². The van der Waals surface area contributed by atoms with E-state index in [2.05, 4.69) is 36.5 Å². The Bertz CT molecular complexity index is 444. The number of rotatable bonds is 5. The molecule has 1 aromatic rings. The Balaban J connectivity index is 2.41. The minimum atomic E-state index is -0.255. The van der Waals surface area contributed by atoms with Crippen molar-refractivity contribution in [3.05, 3.63) is 35.4 Å². The van der Waals surface area contributed by atoms with Crippen LogP contribution in [0.15, 0.2) is 24.3 Å². The van der Waals surface area contributed by atoms with Gasteiger partial charge in [-0.05, 0) is 43.4 Å². The van der Waals surface area contributed by atoms with Gasteiger partial charge in [-0.25, -0.2) is 0 Å². The van der Waals surface area contributed by atoms with E-state index in [1.54, 1.807) is 0 Å². The smallest absolute Gasteiger partial charge is 0.219 e. The molecule has 19 heavy (non-hydrogen) atoms. The first-order chi connectivity index (χ1) is 9.18. The molecule has 3 heteroatoms. The molecule has 104 valence electrons. The molecule has 1 amide bonds. The second-order valence-electron chi connectivity index (χ2n) is 5.52. The topological polar surface area (TPSA) is 55.1 Å². The van der Waals surface area contributed by atoms with Crippen molar-refractivity contribution in [2.24, 2.45) is 5.73 Å². The van der Waals surface area contributed by atoms with E-state index in [1.165, 1.54) is 17.5 Å². The second kappa shape index (κ2) is 6.20. The Labute approximate surface area is 115 Å². The molecule has 2 rings (SSSR count). The highest BCUT2D eigenvalue weighted by molar-refractivity contribution is 5.75. The van der Waals surface area contributed by atoms with E-state index in [1.807, 2.05) is 0 Å². The van der Waals surface area contributed by atoms with Crippen molar-refractivity contribution in [3.8, 4) is 0 Å². The van der Waals surface area contributed by atoms with E-state index < -0.39 is 0 Å². The van der Waals surface area contributed by atoms with Gasteiger partial charge in [-0.2, -0.15) is 0 Å². The zero-order valence-corrected chi connectivity index (χ0v) is 11.7. The molecule has 0 bridgehead atoms. The summed E-state index contributed by atoms with van der Waals surface area (Å²) < 4.78 is 0. The van der Waals surface area contributed by atoms with Gasteiger partial charge < -0.3 is 11.1 Å². The molecule has 0 saturated carbocycles. The van der Waals surface area contributed by atoms with Gasteiger partial charge in [-0.15, -0.1) is 0 Å². The molecule has 1 aliphatic carbocycles. The summed E-state index contributed by atoms with van der Waals surface area (Å²) in [4.78, 5) is 11.5. The van der Waals surface area contributed by atoms with Crippen LogP contribution in [0.25, 0.3) is 0 Å². The van der Waals surface area contributed by atoms with Gasteiger partial charge in [0, 0.05) is 6.42 Å². The number of nitrogens with two attached hydrogens (primary N) is 1. The van der Waals surface area contributed by atoms with Gasteiger partial charge >= 0.3 is 0 Å². The molecule has 0 radical (unpaired) electrons. The number of nitrogens with one attached hydrogen (secondary N) is 1. The molecule has 3 nitrogen and oxygen atoms in total. The van der Waals surface area contributed by atoms with Crippen molar-refractivity contribution in [2.45, 2.75) is 51.0 Å². The lowest BCUT2D eigenvalue weighted by Gasteiger charge is -2.35. The zero-order chi connectivity index (χ0) is 13.7. The lowest BCUT2D eigenvalue weighted by atomic mass is 9.81. The summed E-state index contributed by atoms with van der Waals surface area (Å²) in [5.41, 5.74) is 7.90. The van der Waals surface area contributed by atoms with E-state index in [0.29, 0.717) is 6.42 Å². The standard InChI is InChI=1S/C16H24N2O/c1-2-11-18-16(12-15(17)19)10-6-5-8-13-7-3-4-9-14(13)16/h3-4,7,9,18H,2,5-6,8,10-12H2,1H3,(H2,17,19). The maximum Gasteiger partial charge on any atom is 0.219 e. The van der Waals surface area contributed by atoms with Crippen LogP contribution in [0.2, 0.25) is 0 Å². The molecule has 0 spiro atoms. The zero-order valence-electron chi connectivity index (χ0n) is 11.7. The fourth-order valence-corrected chi connectivity index (χ4v) is 3.17. The SMILES string of the molecule is CCCNC1(CC(N)=O)CCCCc2ccccc21. The number of amides is 1. The van der Waals surface area contributed by atoms with Crippen LogP contribution in [0.1, 0.15) is 50.2 Å². The van der Waals surface area contributed by atoms with Gasteiger partial charge in [-0.3, -0.25) is 4.79 Å². The fourth-order valence-electron chi connectivity index (χ4n) is 3.17. The van der Waals surface area contributed by atoms with E-state index in [9.17, 15) is 4.79 Å². The monoisotopic (exact) mass is 260 g/mol. The molecule has 0 aliphatic heterocycles. The van der Waals surface area contributed by atoms with E-state index in [-0.39, 0.29) is 11.4 Å². The van der Waals surface area contributed by atoms with Gasteiger partial charge in [0.2, 0.25) is 5.91 Å². The van der Waals surface area contributed by atoms with Gasteiger partial charge in [0.15, 0.2) is 0 Å². The molecule has 1 aromatic carbocycles. The normalized spacial score (nSPS) is 22.6. The first kappa shape index (κ1) is 14.1. The Morgan fingerprint density at radius 1 is 1.37 bits per heavy atom. The first-order valence-electron chi connectivity index (χ1n) is 7.30. The number of carbonyl (C=O) groups is 1. The van der Waals surface area contributed by atoms with E-state index in [0.717, 1.165) is 32.2 Å². The van der Waals surface area contributed by atoms with Crippen LogP contribution in [0.5, 0.6) is 0 Å². The predicted octanol–water partition coefficient (Wildman–Crippen LogP) is 2.48. The van der Waals surface area contributed by atoms with Crippen LogP contribution < -0.4 is 11.1 Å². The number of benzene rings is 1. The van der Waals surface area contributed by atoms with Crippen LogP contribution in [0.4, 0.5) is 0 Å². The third-order valence-electron chi connectivity index (χ3n) is 4.02. The molecule has 1 unspecified atom stereocenters. The molecule has 0 saturated heterocycles. The van der Waals surface area contributed by atoms with Crippen LogP contribution in [-0.2, 0) is 16.8 Å². The number of fused-ring (bicyclic) bond motifs is 1. The minimum Gasteiger partial charge on any atom is -0.370 e. The minimum absolute atomic E-state index is 0.222. The van der Waals surface area contributed by atoms with Crippen LogP contribution in [-0.4, -0.2) is 12.5 Å². The molecule has 0 fully saturated rings. The third-order valence-corrected chi connectivity index (χ3v) is 4.02. The highest BCUT2D eigenvalue weighted by Gasteiger charge is 2.35. The number of carbonyl (C=O) groups excluding carboxylic acids is 1. The van der Waals surface area contributed by atoms with Crippen molar-refractivity contribution in [2.75, 3.05) is 6.54 Å². The molecule has 3 N–H and O–H groups in total. The predicted molar refractivity (Wildman–Crippen MR) is 77.8 cm³/mol. The lowest BCUT2D eigenvalue weighted by Crippen LogP contribution is -2.46. The molecule has 1 atom stereocenters. The summed E-state index contributed by atoms with van der Waals surface area (Å²) in [6.45, 7) is 3.06. The average Bonchev–Trinajstić information content (AvgIpc) is 2.57. The van der Waals surface area contributed by atoms with Crippen LogP contribution in [0, 0.1) is 0 Å². The van der Waals surface area contributed by atoms with Crippen molar-refractivity contribution >= 4 is 5.91 Å². The Kier molecular flexibility index (Phi) is 4.59. The van der Waals surface area contributed by atoms with Crippen molar-refractivity contribution in [1.29, 1.82) is 0 Å². The van der Waals surface area contributed by atoms with Crippen molar-refractivity contribution in [3.63, 3.8) is 0 Å².